The summed E-state index contributed by atoms with van der Waals surface area (Å²) in [6.45, 7) is 1.92. The van der Waals surface area contributed by atoms with Gasteiger partial charge in [-0.15, -0.1) is 10.2 Å². The number of aromatic nitrogens is 3. The molecule has 0 aliphatic carbocycles. The first-order valence-electron chi connectivity index (χ1n) is 9.55. The van der Waals surface area contributed by atoms with Crippen LogP contribution in [0, 0.1) is 5.82 Å². The Morgan fingerprint density at radius 2 is 1.97 bits per heavy atom. The lowest BCUT2D eigenvalue weighted by Gasteiger charge is -2.16. The number of hydrogen-bond donors (Lipinski definition) is 0. The molecule has 1 aliphatic heterocycles. The molecule has 0 bridgehead atoms. The molecule has 7 nitrogen and oxygen atoms in total. The standard InChI is InChI=1S/C22H19FN4O3S/c1-3-30-21(28)17(12-15-6-4-5-7-18(15)23)19-13-31-22-25-24-20(27(22)26-19)14-8-10-16(29-2)11-9-14/h4-12H,3,13H2,1-2H3/b17-12+. The Bertz CT molecular complexity index is 1170. The second-order valence-corrected chi connectivity index (χ2v) is 7.42. The molecule has 9 heteroatoms. The quantitative estimate of drug-likeness (QED) is 0.427. The fourth-order valence-corrected chi connectivity index (χ4v) is 3.82. The van der Waals surface area contributed by atoms with E-state index >= 15 is 0 Å². The van der Waals surface area contributed by atoms with E-state index < -0.39 is 11.8 Å². The van der Waals surface area contributed by atoms with Gasteiger partial charge in [0.05, 0.1) is 25.0 Å². The minimum Gasteiger partial charge on any atom is -0.497 e. The van der Waals surface area contributed by atoms with Gasteiger partial charge in [0.2, 0.25) is 5.16 Å². The van der Waals surface area contributed by atoms with Crippen molar-refractivity contribution in [2.45, 2.75) is 12.1 Å². The van der Waals surface area contributed by atoms with Crippen molar-refractivity contribution in [2.24, 2.45) is 5.10 Å². The number of hydrogen-bond acceptors (Lipinski definition) is 7. The van der Waals surface area contributed by atoms with Crippen LogP contribution in [0.2, 0.25) is 0 Å². The van der Waals surface area contributed by atoms with Crippen molar-refractivity contribution in [1.29, 1.82) is 0 Å². The van der Waals surface area contributed by atoms with Crippen LogP contribution in [-0.4, -0.2) is 46.0 Å². The SMILES string of the molecule is CCOC(=O)/C(=C/c1ccccc1F)C1=Nn2c(nnc2-c2ccc(OC)cc2)SC1. The highest BCUT2D eigenvalue weighted by Crippen LogP contribution is 2.30. The molecule has 0 saturated carbocycles. The Balaban J connectivity index is 1.77. The van der Waals surface area contributed by atoms with Crippen molar-refractivity contribution in [3.8, 4) is 17.1 Å². The number of carbonyl (C=O) groups excluding carboxylic acids is 1. The fraction of sp³-hybridized carbons (Fsp3) is 0.182. The molecule has 0 fully saturated rings. The number of nitrogens with zero attached hydrogens (tertiary/aromatic N) is 4. The maximum Gasteiger partial charge on any atom is 0.340 e. The van der Waals surface area contributed by atoms with Gasteiger partial charge in [0, 0.05) is 16.9 Å². The number of halogens is 1. The van der Waals surface area contributed by atoms with E-state index in [1.54, 1.807) is 36.9 Å². The zero-order valence-corrected chi connectivity index (χ0v) is 17.7. The summed E-state index contributed by atoms with van der Waals surface area (Å²) < 4.78 is 26.2. The molecule has 1 aromatic heterocycles. The van der Waals surface area contributed by atoms with E-state index in [-0.39, 0.29) is 17.7 Å². The summed E-state index contributed by atoms with van der Waals surface area (Å²) in [5, 5.41) is 13.7. The number of thioether (sulfide) groups is 1. The van der Waals surface area contributed by atoms with Gasteiger partial charge in [-0.25, -0.2) is 9.18 Å². The van der Waals surface area contributed by atoms with Gasteiger partial charge >= 0.3 is 5.97 Å². The Morgan fingerprint density at radius 1 is 1.19 bits per heavy atom. The third-order valence-corrected chi connectivity index (χ3v) is 5.46. The molecule has 4 rings (SSSR count). The van der Waals surface area contributed by atoms with Crippen LogP contribution in [0.4, 0.5) is 4.39 Å². The van der Waals surface area contributed by atoms with Crippen LogP contribution in [-0.2, 0) is 9.53 Å². The van der Waals surface area contributed by atoms with Crippen LogP contribution in [0.15, 0.2) is 64.4 Å². The Hall–Kier alpha value is -3.46. The molecule has 3 aromatic rings. The van der Waals surface area contributed by atoms with Crippen LogP contribution in [0.1, 0.15) is 12.5 Å². The molecule has 0 amide bonds. The Labute approximate surface area is 182 Å². The second-order valence-electron chi connectivity index (χ2n) is 6.48. The maximum absolute atomic E-state index is 14.2. The lowest BCUT2D eigenvalue weighted by Crippen LogP contribution is -2.22. The summed E-state index contributed by atoms with van der Waals surface area (Å²) in [4.78, 5) is 12.7. The highest BCUT2D eigenvalue weighted by atomic mass is 32.2. The van der Waals surface area contributed by atoms with Gasteiger partial charge in [0.1, 0.15) is 11.6 Å². The number of benzene rings is 2. The molecular formula is C22H19FN4O3S. The number of esters is 1. The first-order chi connectivity index (χ1) is 15.1. The summed E-state index contributed by atoms with van der Waals surface area (Å²) in [7, 11) is 1.60. The number of carbonyl (C=O) groups is 1. The number of fused-ring (bicyclic) bond motifs is 1. The van der Waals surface area contributed by atoms with Gasteiger partial charge < -0.3 is 9.47 Å². The van der Waals surface area contributed by atoms with E-state index in [9.17, 15) is 9.18 Å². The van der Waals surface area contributed by atoms with Crippen molar-refractivity contribution in [1.82, 2.24) is 14.9 Å². The third-order valence-electron chi connectivity index (χ3n) is 4.53. The number of rotatable bonds is 6. The van der Waals surface area contributed by atoms with E-state index in [4.69, 9.17) is 9.47 Å². The van der Waals surface area contributed by atoms with Gasteiger partial charge in [-0.05, 0) is 43.3 Å². The molecule has 158 valence electrons. The van der Waals surface area contributed by atoms with Gasteiger partial charge in [-0.1, -0.05) is 30.0 Å². The second kappa shape index (κ2) is 9.13. The molecule has 0 atom stereocenters. The molecule has 0 unspecified atom stereocenters. The van der Waals surface area contributed by atoms with Crippen molar-refractivity contribution in [3.63, 3.8) is 0 Å². The summed E-state index contributed by atoms with van der Waals surface area (Å²) in [6, 6.07) is 13.6. The van der Waals surface area contributed by atoms with Crippen LogP contribution < -0.4 is 4.74 Å². The molecule has 0 spiro atoms. The zero-order valence-electron chi connectivity index (χ0n) is 16.9. The van der Waals surface area contributed by atoms with Gasteiger partial charge in [-0.2, -0.15) is 9.78 Å². The first-order valence-corrected chi connectivity index (χ1v) is 10.5. The summed E-state index contributed by atoms with van der Waals surface area (Å²) >= 11 is 1.39. The normalized spacial score (nSPS) is 13.4. The third kappa shape index (κ3) is 4.36. The zero-order chi connectivity index (χ0) is 21.8. The lowest BCUT2D eigenvalue weighted by atomic mass is 10.1. The average Bonchev–Trinajstić information content (AvgIpc) is 3.22. The fourth-order valence-electron chi connectivity index (χ4n) is 3.00. The van der Waals surface area contributed by atoms with Crippen molar-refractivity contribution in [3.05, 3.63) is 65.5 Å². The number of methoxy groups -OCH3 is 1. The van der Waals surface area contributed by atoms with Gasteiger partial charge in [0.25, 0.3) is 0 Å². The van der Waals surface area contributed by atoms with Crippen LogP contribution in [0.25, 0.3) is 17.5 Å². The maximum atomic E-state index is 14.2. The minimum absolute atomic E-state index is 0.194. The van der Waals surface area contributed by atoms with Crippen LogP contribution >= 0.6 is 11.8 Å². The average molecular weight is 438 g/mol. The lowest BCUT2D eigenvalue weighted by molar-refractivity contribution is -0.137. The van der Waals surface area contributed by atoms with Gasteiger partial charge in [-0.3, -0.25) is 0 Å². The van der Waals surface area contributed by atoms with Crippen molar-refractivity contribution in [2.75, 3.05) is 19.5 Å². The van der Waals surface area contributed by atoms with Crippen LogP contribution in [0.3, 0.4) is 0 Å². The predicted molar refractivity (Wildman–Crippen MR) is 117 cm³/mol. The van der Waals surface area contributed by atoms with E-state index in [0.717, 1.165) is 11.3 Å². The molecule has 0 N–H and O–H groups in total. The monoisotopic (exact) mass is 438 g/mol. The van der Waals surface area contributed by atoms with Crippen molar-refractivity contribution < 1.29 is 18.7 Å². The van der Waals surface area contributed by atoms with Crippen LogP contribution in [0.5, 0.6) is 5.75 Å². The van der Waals surface area contributed by atoms with Crippen molar-refractivity contribution >= 4 is 29.5 Å². The molecule has 2 aromatic carbocycles. The van der Waals surface area contributed by atoms with E-state index in [1.807, 2.05) is 24.3 Å². The smallest absolute Gasteiger partial charge is 0.340 e. The predicted octanol–water partition coefficient (Wildman–Crippen LogP) is 4.05. The van der Waals surface area contributed by atoms with E-state index in [0.29, 0.717) is 22.4 Å². The Morgan fingerprint density at radius 3 is 2.68 bits per heavy atom. The number of ether oxygens (including phenoxy) is 2. The molecule has 31 heavy (non-hydrogen) atoms. The summed E-state index contributed by atoms with van der Waals surface area (Å²) in [5.41, 5.74) is 1.72. The molecule has 1 aliphatic rings. The highest BCUT2D eigenvalue weighted by molar-refractivity contribution is 7.99. The molecule has 0 saturated heterocycles. The summed E-state index contributed by atoms with van der Waals surface area (Å²) in [6.07, 6.45) is 1.47. The highest BCUT2D eigenvalue weighted by Gasteiger charge is 2.26. The van der Waals surface area contributed by atoms with E-state index in [2.05, 4.69) is 15.3 Å². The molecule has 2 heterocycles. The van der Waals surface area contributed by atoms with E-state index in [1.165, 1.54) is 23.9 Å². The first kappa shape index (κ1) is 20.8. The molecular weight excluding hydrogens is 419 g/mol. The summed E-state index contributed by atoms with van der Waals surface area (Å²) in [5.74, 6) is 0.624. The largest absolute Gasteiger partial charge is 0.497 e. The minimum atomic E-state index is -0.562. The topological polar surface area (TPSA) is 78.6 Å². The molecule has 0 radical (unpaired) electrons. The Kier molecular flexibility index (Phi) is 6.13. The van der Waals surface area contributed by atoms with Gasteiger partial charge in [0.15, 0.2) is 5.82 Å².